The molecule has 1 aliphatic rings. The van der Waals surface area contributed by atoms with Crippen LogP contribution in [0.5, 0.6) is 0 Å². The average molecular weight is 464 g/mol. The SMILES string of the molecule is O=c1ccc2c(-c3ccccc3)cc(N3CCN(Cc4cccc(C(F)(F)F)c4)CC3)n2cc1. The molecule has 0 aliphatic carbocycles. The van der Waals surface area contributed by atoms with Crippen molar-refractivity contribution in [2.45, 2.75) is 12.7 Å². The molecule has 0 N–H and O–H groups in total. The summed E-state index contributed by atoms with van der Waals surface area (Å²) in [6, 6.07) is 22.8. The van der Waals surface area contributed by atoms with Crippen molar-refractivity contribution in [2.24, 2.45) is 0 Å². The lowest BCUT2D eigenvalue weighted by Crippen LogP contribution is -2.46. The van der Waals surface area contributed by atoms with Gasteiger partial charge in [0.2, 0.25) is 0 Å². The highest BCUT2D eigenvalue weighted by Gasteiger charge is 2.30. The second kappa shape index (κ2) is 8.99. The third-order valence-electron chi connectivity index (χ3n) is 6.29. The maximum atomic E-state index is 13.0. The number of hydrogen-bond donors (Lipinski definition) is 0. The van der Waals surface area contributed by atoms with Crippen LogP contribution >= 0.6 is 0 Å². The Balaban J connectivity index is 1.38. The first kappa shape index (κ1) is 22.2. The molecule has 5 rings (SSSR count). The molecule has 0 bridgehead atoms. The second-order valence-electron chi connectivity index (χ2n) is 8.55. The van der Waals surface area contributed by atoms with E-state index in [0.29, 0.717) is 12.1 Å². The number of nitrogens with zero attached hydrogens (tertiary/aromatic N) is 3. The molecule has 1 saturated heterocycles. The molecule has 2 aromatic carbocycles. The topological polar surface area (TPSA) is 28.0 Å². The Morgan fingerprint density at radius 2 is 1.56 bits per heavy atom. The smallest absolute Gasteiger partial charge is 0.355 e. The van der Waals surface area contributed by atoms with E-state index < -0.39 is 11.7 Å². The lowest BCUT2D eigenvalue weighted by molar-refractivity contribution is -0.137. The molecule has 1 aliphatic heterocycles. The van der Waals surface area contributed by atoms with Crippen molar-refractivity contribution in [1.29, 1.82) is 0 Å². The predicted octanol–water partition coefficient (Wildman–Crippen LogP) is 5.31. The van der Waals surface area contributed by atoms with Gasteiger partial charge in [-0.3, -0.25) is 9.69 Å². The number of halogens is 3. The minimum absolute atomic E-state index is 0.0560. The van der Waals surface area contributed by atoms with Crippen molar-refractivity contribution in [1.82, 2.24) is 9.30 Å². The van der Waals surface area contributed by atoms with Gasteiger partial charge in [0.25, 0.3) is 0 Å². The summed E-state index contributed by atoms with van der Waals surface area (Å²) < 4.78 is 41.2. The average Bonchev–Trinajstić information content (AvgIpc) is 3.09. The quantitative estimate of drug-likeness (QED) is 0.411. The van der Waals surface area contributed by atoms with Crippen molar-refractivity contribution in [3.8, 4) is 11.1 Å². The lowest BCUT2D eigenvalue weighted by atomic mass is 10.1. The summed E-state index contributed by atoms with van der Waals surface area (Å²) in [5.74, 6) is 1.00. The summed E-state index contributed by atoms with van der Waals surface area (Å²) in [6.07, 6.45) is -2.52. The summed E-state index contributed by atoms with van der Waals surface area (Å²) in [5.41, 5.74) is 3.08. The molecule has 174 valence electrons. The predicted molar refractivity (Wildman–Crippen MR) is 128 cm³/mol. The summed E-state index contributed by atoms with van der Waals surface area (Å²) in [5, 5.41) is 0. The van der Waals surface area contributed by atoms with Crippen LogP contribution in [-0.2, 0) is 12.7 Å². The minimum Gasteiger partial charge on any atom is -0.355 e. The van der Waals surface area contributed by atoms with Crippen LogP contribution in [0.2, 0.25) is 0 Å². The fraction of sp³-hybridized carbons (Fsp3) is 0.222. The van der Waals surface area contributed by atoms with E-state index in [2.05, 4.69) is 28.0 Å². The van der Waals surface area contributed by atoms with Crippen molar-refractivity contribution >= 4 is 11.3 Å². The first-order chi connectivity index (χ1) is 16.4. The number of piperazine rings is 1. The maximum Gasteiger partial charge on any atom is 0.416 e. The zero-order valence-electron chi connectivity index (χ0n) is 18.5. The van der Waals surface area contributed by atoms with Gasteiger partial charge in [0, 0.05) is 50.6 Å². The van der Waals surface area contributed by atoms with Crippen LogP contribution in [-0.4, -0.2) is 35.5 Å². The number of benzene rings is 2. The standard InChI is InChI=1S/C27H24F3N3O/c28-27(29,30)22-8-4-5-20(17-22)19-31-13-15-32(16-14-31)26-18-24(21-6-2-1-3-7-21)25-10-9-23(34)11-12-33(25)26/h1-12,17-18H,13-16,19H2. The molecule has 0 radical (unpaired) electrons. The fourth-order valence-electron chi connectivity index (χ4n) is 4.55. The summed E-state index contributed by atoms with van der Waals surface area (Å²) >= 11 is 0. The van der Waals surface area contributed by atoms with Gasteiger partial charge in [-0.2, -0.15) is 13.2 Å². The second-order valence-corrected chi connectivity index (χ2v) is 8.55. The van der Waals surface area contributed by atoms with E-state index in [0.717, 1.165) is 54.7 Å². The molecule has 0 amide bonds. The Kier molecular flexibility index (Phi) is 5.87. The largest absolute Gasteiger partial charge is 0.416 e. The molecule has 34 heavy (non-hydrogen) atoms. The normalized spacial score (nSPS) is 15.1. The van der Waals surface area contributed by atoms with Crippen molar-refractivity contribution in [3.63, 3.8) is 0 Å². The Hall–Kier alpha value is -3.58. The fourth-order valence-corrected chi connectivity index (χ4v) is 4.55. The highest BCUT2D eigenvalue weighted by atomic mass is 19.4. The third-order valence-corrected chi connectivity index (χ3v) is 6.29. The first-order valence-electron chi connectivity index (χ1n) is 11.2. The third kappa shape index (κ3) is 4.56. The zero-order valence-corrected chi connectivity index (χ0v) is 18.5. The molecule has 4 aromatic rings. The minimum atomic E-state index is -4.33. The van der Waals surface area contributed by atoms with Gasteiger partial charge in [0.15, 0.2) is 5.43 Å². The van der Waals surface area contributed by atoms with Gasteiger partial charge in [-0.05, 0) is 35.4 Å². The molecule has 3 heterocycles. The van der Waals surface area contributed by atoms with Crippen LogP contribution < -0.4 is 10.3 Å². The van der Waals surface area contributed by atoms with Crippen LogP contribution in [0.1, 0.15) is 11.1 Å². The first-order valence-corrected chi connectivity index (χ1v) is 11.2. The van der Waals surface area contributed by atoms with E-state index in [1.165, 1.54) is 12.1 Å². The van der Waals surface area contributed by atoms with Crippen molar-refractivity contribution in [2.75, 3.05) is 31.1 Å². The van der Waals surface area contributed by atoms with Crippen LogP contribution in [0, 0.1) is 0 Å². The van der Waals surface area contributed by atoms with E-state index in [4.69, 9.17) is 0 Å². The molecule has 0 unspecified atom stereocenters. The molecule has 1 fully saturated rings. The van der Waals surface area contributed by atoms with Gasteiger partial charge >= 0.3 is 6.18 Å². The van der Waals surface area contributed by atoms with Crippen LogP contribution in [0.15, 0.2) is 89.9 Å². The van der Waals surface area contributed by atoms with Gasteiger partial charge in [0.05, 0.1) is 11.1 Å². The van der Waals surface area contributed by atoms with Crippen LogP contribution in [0.25, 0.3) is 16.6 Å². The molecule has 4 nitrogen and oxygen atoms in total. The number of aromatic nitrogens is 1. The molecule has 0 saturated carbocycles. The van der Waals surface area contributed by atoms with Gasteiger partial charge < -0.3 is 9.30 Å². The Bertz CT molecular complexity index is 1360. The van der Waals surface area contributed by atoms with Gasteiger partial charge in [0.1, 0.15) is 5.82 Å². The Morgan fingerprint density at radius 1 is 0.794 bits per heavy atom. The molecular weight excluding hydrogens is 439 g/mol. The highest BCUT2D eigenvalue weighted by molar-refractivity contribution is 5.85. The van der Waals surface area contributed by atoms with Gasteiger partial charge in [-0.25, -0.2) is 0 Å². The molecule has 0 spiro atoms. The molecule has 2 aromatic heterocycles. The monoisotopic (exact) mass is 463 g/mol. The van der Waals surface area contributed by atoms with E-state index in [1.807, 2.05) is 34.9 Å². The molecule has 0 atom stereocenters. The van der Waals surface area contributed by atoms with Crippen LogP contribution in [0.3, 0.4) is 0 Å². The van der Waals surface area contributed by atoms with Gasteiger partial charge in [-0.15, -0.1) is 0 Å². The Morgan fingerprint density at radius 3 is 2.29 bits per heavy atom. The number of anilines is 1. The van der Waals surface area contributed by atoms with E-state index >= 15 is 0 Å². The summed E-state index contributed by atoms with van der Waals surface area (Å²) in [4.78, 5) is 16.5. The number of fused-ring (bicyclic) bond motifs is 1. The highest BCUT2D eigenvalue weighted by Crippen LogP contribution is 2.33. The van der Waals surface area contributed by atoms with E-state index in [1.54, 1.807) is 18.2 Å². The number of rotatable bonds is 4. The van der Waals surface area contributed by atoms with Crippen LogP contribution in [0.4, 0.5) is 19.0 Å². The summed E-state index contributed by atoms with van der Waals surface area (Å²) in [6.45, 7) is 3.42. The van der Waals surface area contributed by atoms with Crippen molar-refractivity contribution in [3.05, 3.63) is 106 Å². The maximum absolute atomic E-state index is 13.0. The van der Waals surface area contributed by atoms with E-state index in [9.17, 15) is 18.0 Å². The lowest BCUT2D eigenvalue weighted by Gasteiger charge is -2.35. The molecule has 7 heteroatoms. The molecular formula is C27H24F3N3O. The number of hydrogen-bond acceptors (Lipinski definition) is 3. The van der Waals surface area contributed by atoms with Gasteiger partial charge in [-0.1, -0.05) is 48.5 Å². The van der Waals surface area contributed by atoms with Crippen molar-refractivity contribution < 1.29 is 13.2 Å². The number of alkyl halides is 3. The van der Waals surface area contributed by atoms with E-state index in [-0.39, 0.29) is 5.43 Å². The zero-order chi connectivity index (χ0) is 23.7. The summed E-state index contributed by atoms with van der Waals surface area (Å²) in [7, 11) is 0. The Labute approximate surface area is 195 Å².